The summed E-state index contributed by atoms with van der Waals surface area (Å²) in [5.41, 5.74) is 2.32. The normalized spacial score (nSPS) is 16.6. The number of carbonyl (C=O) groups is 1. The molecule has 4 nitrogen and oxygen atoms in total. The van der Waals surface area contributed by atoms with E-state index in [-0.39, 0.29) is 5.91 Å². The molecule has 0 aliphatic carbocycles. The molecule has 1 fully saturated rings. The molecule has 1 N–H and O–H groups in total. The van der Waals surface area contributed by atoms with Crippen molar-refractivity contribution in [1.82, 2.24) is 5.32 Å². The van der Waals surface area contributed by atoms with Crippen LogP contribution in [0, 0.1) is 0 Å². The number of thiocarbonyl (C=S) groups is 1. The molecule has 5 heteroatoms. The molecule has 1 aromatic heterocycles. The minimum Gasteiger partial charge on any atom is -0.465 e. The third-order valence-corrected chi connectivity index (χ3v) is 3.61. The molecular formula is C16H14N2O2S. The van der Waals surface area contributed by atoms with Crippen LogP contribution in [0.1, 0.15) is 18.2 Å². The van der Waals surface area contributed by atoms with Crippen LogP contribution >= 0.6 is 12.2 Å². The number of amides is 1. The summed E-state index contributed by atoms with van der Waals surface area (Å²) in [5, 5.41) is 3.34. The zero-order valence-corrected chi connectivity index (χ0v) is 12.3. The first kappa shape index (κ1) is 13.6. The number of aryl methyl sites for hydroxylation is 1. The van der Waals surface area contributed by atoms with Crippen LogP contribution in [0.15, 0.2) is 52.8 Å². The fourth-order valence-electron chi connectivity index (χ4n) is 2.30. The van der Waals surface area contributed by atoms with Crippen molar-refractivity contribution in [2.45, 2.75) is 13.3 Å². The van der Waals surface area contributed by atoms with Crippen molar-refractivity contribution >= 4 is 35.0 Å². The molecule has 0 spiro atoms. The summed E-state index contributed by atoms with van der Waals surface area (Å²) in [6.45, 7) is 2.05. The standard InChI is InChI=1S/C16H14N2O2S/c1-2-11-6-3-4-8-14(11)18-15(19)13(17-16(18)21)10-12-7-5-9-20-12/h3-10H,2H2,1H3,(H,17,21). The average molecular weight is 298 g/mol. The summed E-state index contributed by atoms with van der Waals surface area (Å²) < 4.78 is 5.23. The van der Waals surface area contributed by atoms with Crippen LogP contribution in [0.2, 0.25) is 0 Å². The van der Waals surface area contributed by atoms with E-state index in [2.05, 4.69) is 12.2 Å². The Labute approximate surface area is 128 Å². The van der Waals surface area contributed by atoms with Crippen LogP contribution < -0.4 is 10.2 Å². The number of nitrogens with one attached hydrogen (secondary N) is 1. The fraction of sp³-hybridized carbons (Fsp3) is 0.125. The van der Waals surface area contributed by atoms with Crippen LogP contribution in [-0.4, -0.2) is 11.0 Å². The molecule has 2 aromatic rings. The summed E-state index contributed by atoms with van der Waals surface area (Å²) in [6, 6.07) is 11.3. The first-order valence-electron chi connectivity index (χ1n) is 6.69. The van der Waals surface area contributed by atoms with E-state index in [0.717, 1.165) is 17.7 Å². The highest BCUT2D eigenvalue weighted by Gasteiger charge is 2.33. The van der Waals surface area contributed by atoms with Crippen molar-refractivity contribution in [3.05, 3.63) is 59.7 Å². The number of rotatable bonds is 3. The average Bonchev–Trinajstić information content (AvgIpc) is 3.09. The van der Waals surface area contributed by atoms with Crippen molar-refractivity contribution in [2.75, 3.05) is 4.90 Å². The molecule has 0 bridgehead atoms. The van der Waals surface area contributed by atoms with Gasteiger partial charge in [-0.2, -0.15) is 0 Å². The monoisotopic (exact) mass is 298 g/mol. The van der Waals surface area contributed by atoms with Gasteiger partial charge in [-0.05, 0) is 42.4 Å². The van der Waals surface area contributed by atoms with E-state index in [9.17, 15) is 4.79 Å². The van der Waals surface area contributed by atoms with Crippen LogP contribution in [0.4, 0.5) is 5.69 Å². The third-order valence-electron chi connectivity index (χ3n) is 3.32. The molecule has 3 rings (SSSR count). The number of benzene rings is 1. The maximum Gasteiger partial charge on any atom is 0.281 e. The van der Waals surface area contributed by atoms with Crippen molar-refractivity contribution in [1.29, 1.82) is 0 Å². The van der Waals surface area contributed by atoms with Gasteiger partial charge in [0, 0.05) is 6.08 Å². The number of furan rings is 1. The Balaban J connectivity index is 1.98. The lowest BCUT2D eigenvalue weighted by Gasteiger charge is -2.17. The Morgan fingerprint density at radius 3 is 2.81 bits per heavy atom. The highest BCUT2D eigenvalue weighted by atomic mass is 32.1. The van der Waals surface area contributed by atoms with Crippen molar-refractivity contribution in [3.8, 4) is 0 Å². The molecule has 1 aliphatic rings. The molecule has 0 saturated carbocycles. The quantitative estimate of drug-likeness (QED) is 0.698. The second-order valence-corrected chi connectivity index (χ2v) is 5.01. The summed E-state index contributed by atoms with van der Waals surface area (Å²) in [7, 11) is 0. The van der Waals surface area contributed by atoms with Crippen molar-refractivity contribution in [2.24, 2.45) is 0 Å². The summed E-state index contributed by atoms with van der Waals surface area (Å²) in [4.78, 5) is 14.1. The lowest BCUT2D eigenvalue weighted by atomic mass is 10.1. The number of hydrogen-bond acceptors (Lipinski definition) is 3. The van der Waals surface area contributed by atoms with E-state index in [1.165, 1.54) is 4.90 Å². The molecule has 1 saturated heterocycles. The second-order valence-electron chi connectivity index (χ2n) is 4.63. The predicted octanol–water partition coefficient (Wildman–Crippen LogP) is 3.10. The van der Waals surface area contributed by atoms with Gasteiger partial charge >= 0.3 is 0 Å². The number of hydrogen-bond donors (Lipinski definition) is 1. The van der Waals surface area contributed by atoms with Gasteiger partial charge in [0.15, 0.2) is 5.11 Å². The third kappa shape index (κ3) is 2.48. The molecule has 1 aromatic carbocycles. The van der Waals surface area contributed by atoms with E-state index < -0.39 is 0 Å². The lowest BCUT2D eigenvalue weighted by molar-refractivity contribution is -0.113. The molecule has 0 radical (unpaired) electrons. The number of para-hydroxylation sites is 1. The highest BCUT2D eigenvalue weighted by Crippen LogP contribution is 2.26. The lowest BCUT2D eigenvalue weighted by Crippen LogP contribution is -2.31. The molecule has 1 amide bonds. The number of anilines is 1. The van der Waals surface area contributed by atoms with Crippen LogP contribution in [0.25, 0.3) is 6.08 Å². The van der Waals surface area contributed by atoms with E-state index in [1.807, 2.05) is 24.3 Å². The van der Waals surface area contributed by atoms with Gasteiger partial charge in [-0.25, -0.2) is 0 Å². The summed E-state index contributed by atoms with van der Waals surface area (Å²) in [5.74, 6) is 0.441. The Kier molecular flexibility index (Phi) is 3.58. The maximum atomic E-state index is 12.6. The predicted molar refractivity (Wildman–Crippen MR) is 85.7 cm³/mol. The molecule has 0 atom stereocenters. The first-order valence-corrected chi connectivity index (χ1v) is 7.10. The molecule has 0 unspecified atom stereocenters. The molecule has 21 heavy (non-hydrogen) atoms. The summed E-state index contributed by atoms with van der Waals surface area (Å²) >= 11 is 5.30. The van der Waals surface area contributed by atoms with Crippen LogP contribution in [0.3, 0.4) is 0 Å². The van der Waals surface area contributed by atoms with Gasteiger partial charge < -0.3 is 9.73 Å². The molecule has 2 heterocycles. The highest BCUT2D eigenvalue weighted by molar-refractivity contribution is 7.80. The minimum atomic E-state index is -0.169. The fourth-order valence-corrected chi connectivity index (χ4v) is 2.59. The van der Waals surface area contributed by atoms with Crippen LogP contribution in [0.5, 0.6) is 0 Å². The van der Waals surface area contributed by atoms with Gasteiger partial charge in [-0.1, -0.05) is 25.1 Å². The van der Waals surface area contributed by atoms with Gasteiger partial charge in [0.05, 0.1) is 12.0 Å². The Morgan fingerprint density at radius 1 is 1.29 bits per heavy atom. The van der Waals surface area contributed by atoms with E-state index in [0.29, 0.717) is 16.6 Å². The zero-order valence-electron chi connectivity index (χ0n) is 11.5. The minimum absolute atomic E-state index is 0.169. The maximum absolute atomic E-state index is 12.6. The van der Waals surface area contributed by atoms with Gasteiger partial charge in [0.1, 0.15) is 11.5 Å². The summed E-state index contributed by atoms with van der Waals surface area (Å²) in [6.07, 6.45) is 4.05. The van der Waals surface area contributed by atoms with Gasteiger partial charge in [0.2, 0.25) is 0 Å². The Morgan fingerprint density at radius 2 is 2.10 bits per heavy atom. The first-order chi connectivity index (χ1) is 10.2. The van der Waals surface area contributed by atoms with Gasteiger partial charge in [0.25, 0.3) is 5.91 Å². The Bertz CT molecular complexity index is 720. The second kappa shape index (κ2) is 5.54. The van der Waals surface area contributed by atoms with E-state index in [4.69, 9.17) is 16.6 Å². The topological polar surface area (TPSA) is 45.5 Å². The number of carbonyl (C=O) groups excluding carboxylic acids is 1. The zero-order chi connectivity index (χ0) is 14.8. The smallest absolute Gasteiger partial charge is 0.281 e. The van der Waals surface area contributed by atoms with E-state index >= 15 is 0 Å². The van der Waals surface area contributed by atoms with Gasteiger partial charge in [-0.15, -0.1) is 0 Å². The van der Waals surface area contributed by atoms with Gasteiger partial charge in [-0.3, -0.25) is 9.69 Å². The number of nitrogens with zero attached hydrogens (tertiary/aromatic N) is 1. The largest absolute Gasteiger partial charge is 0.465 e. The van der Waals surface area contributed by atoms with Crippen molar-refractivity contribution in [3.63, 3.8) is 0 Å². The van der Waals surface area contributed by atoms with Crippen molar-refractivity contribution < 1.29 is 9.21 Å². The van der Waals surface area contributed by atoms with E-state index in [1.54, 1.807) is 24.5 Å². The SMILES string of the molecule is CCc1ccccc1N1C(=O)C(=Cc2ccco2)NC1=S. The Hall–Kier alpha value is -2.40. The molecular weight excluding hydrogens is 284 g/mol. The molecule has 106 valence electrons. The molecule has 1 aliphatic heterocycles. The van der Waals surface area contributed by atoms with Crippen LogP contribution in [-0.2, 0) is 11.2 Å².